The molecule has 0 aliphatic carbocycles. The normalized spacial score (nSPS) is 29.3. The van der Waals surface area contributed by atoms with E-state index in [9.17, 15) is 18.0 Å². The van der Waals surface area contributed by atoms with E-state index in [1.807, 2.05) is 4.90 Å². The van der Waals surface area contributed by atoms with Gasteiger partial charge in [0, 0.05) is 18.7 Å². The molecule has 0 N–H and O–H groups in total. The molecule has 2 atom stereocenters. The number of carbonyl (C=O) groups excluding carboxylic acids is 1. The number of hydrogen-bond donors (Lipinski definition) is 0. The Hall–Kier alpha value is -1.96. The average molecular weight is 328 g/mol. The summed E-state index contributed by atoms with van der Waals surface area (Å²) in [6.45, 7) is 0.595. The molecule has 3 aliphatic heterocycles. The first-order chi connectivity index (χ1) is 10.9. The Balaban J connectivity index is 1.42. The number of epoxide rings is 1. The molecule has 23 heavy (non-hydrogen) atoms. The summed E-state index contributed by atoms with van der Waals surface area (Å²) in [7, 11) is 0. The summed E-state index contributed by atoms with van der Waals surface area (Å²) in [4.78, 5) is 15.9. The molecule has 5 nitrogen and oxygen atoms in total. The van der Waals surface area contributed by atoms with E-state index in [0.29, 0.717) is 18.8 Å². The van der Waals surface area contributed by atoms with Gasteiger partial charge >= 0.3 is 12.2 Å². The summed E-state index contributed by atoms with van der Waals surface area (Å²) in [5.41, 5.74) is 0.552. The van der Waals surface area contributed by atoms with E-state index in [2.05, 4.69) is 4.74 Å². The van der Waals surface area contributed by atoms with Gasteiger partial charge in [0.2, 0.25) is 0 Å². The van der Waals surface area contributed by atoms with Crippen molar-refractivity contribution < 1.29 is 27.4 Å². The zero-order valence-electron chi connectivity index (χ0n) is 12.2. The van der Waals surface area contributed by atoms with Gasteiger partial charge in [-0.3, -0.25) is 4.90 Å². The highest BCUT2D eigenvalue weighted by Gasteiger charge is 2.58. The summed E-state index contributed by atoms with van der Waals surface area (Å²) >= 11 is 0. The van der Waals surface area contributed by atoms with Crippen LogP contribution in [0, 0.1) is 0 Å². The summed E-state index contributed by atoms with van der Waals surface area (Å²) in [6, 6.07) is 6.18. The van der Waals surface area contributed by atoms with Crippen molar-refractivity contribution in [3.63, 3.8) is 0 Å². The topological polar surface area (TPSA) is 45.3 Å². The lowest BCUT2D eigenvalue weighted by Crippen LogP contribution is -2.34. The van der Waals surface area contributed by atoms with Gasteiger partial charge in [0.05, 0.1) is 19.2 Å². The maximum Gasteiger partial charge on any atom is 0.422 e. The van der Waals surface area contributed by atoms with Gasteiger partial charge in [-0.15, -0.1) is 0 Å². The van der Waals surface area contributed by atoms with Crippen molar-refractivity contribution in [2.45, 2.75) is 24.2 Å². The maximum absolute atomic E-state index is 12.5. The molecule has 1 aromatic carbocycles. The molecule has 0 saturated carbocycles. The first kappa shape index (κ1) is 14.6. The summed E-state index contributed by atoms with van der Waals surface area (Å²) < 4.78 is 46.5. The van der Waals surface area contributed by atoms with E-state index in [0.717, 1.165) is 13.0 Å². The zero-order chi connectivity index (χ0) is 16.2. The highest BCUT2D eigenvalue weighted by atomic mass is 19.4. The standard InChI is InChI=1S/C15H15F3N2O3/c16-15(17,18)9-22-12-3-1-10(2-4-12)19-6-11-5-14(8-23-14)7-20(11)13(19)21/h1-4,11H,5-9H2/t11-,14?/m0/s1. The second-order valence-electron chi connectivity index (χ2n) is 6.25. The fraction of sp³-hybridized carbons (Fsp3) is 0.533. The number of halogens is 3. The number of fused-ring (bicyclic) bond motifs is 1. The van der Waals surface area contributed by atoms with Gasteiger partial charge in [-0.25, -0.2) is 4.79 Å². The predicted octanol–water partition coefficient (Wildman–Crippen LogP) is 2.41. The second-order valence-corrected chi connectivity index (χ2v) is 6.25. The van der Waals surface area contributed by atoms with E-state index < -0.39 is 12.8 Å². The minimum atomic E-state index is -4.37. The lowest BCUT2D eigenvalue weighted by molar-refractivity contribution is -0.153. The Morgan fingerprint density at radius 1 is 1.30 bits per heavy atom. The summed E-state index contributed by atoms with van der Waals surface area (Å²) in [6.07, 6.45) is -3.52. The highest BCUT2D eigenvalue weighted by Crippen LogP contribution is 2.44. The average Bonchev–Trinajstić information content (AvgIpc) is 3.05. The number of amides is 2. The van der Waals surface area contributed by atoms with Crippen LogP contribution < -0.4 is 9.64 Å². The van der Waals surface area contributed by atoms with Crippen LogP contribution in [0.1, 0.15) is 6.42 Å². The molecular weight excluding hydrogens is 313 g/mol. The third kappa shape index (κ3) is 2.71. The number of ether oxygens (including phenoxy) is 2. The van der Waals surface area contributed by atoms with Crippen LogP contribution >= 0.6 is 0 Å². The van der Waals surface area contributed by atoms with Gasteiger partial charge in [-0.2, -0.15) is 13.2 Å². The molecule has 1 spiro atoms. The Morgan fingerprint density at radius 3 is 2.57 bits per heavy atom. The zero-order valence-corrected chi connectivity index (χ0v) is 12.2. The molecule has 3 saturated heterocycles. The molecule has 4 rings (SSSR count). The van der Waals surface area contributed by atoms with E-state index in [1.54, 1.807) is 17.0 Å². The third-order valence-electron chi connectivity index (χ3n) is 4.48. The number of urea groups is 1. The van der Waals surface area contributed by atoms with Crippen molar-refractivity contribution in [3.8, 4) is 5.75 Å². The van der Waals surface area contributed by atoms with Crippen molar-refractivity contribution in [1.82, 2.24) is 4.90 Å². The Bertz CT molecular complexity index is 628. The lowest BCUT2D eigenvalue weighted by Gasteiger charge is -2.18. The van der Waals surface area contributed by atoms with E-state index in [-0.39, 0.29) is 23.4 Å². The van der Waals surface area contributed by atoms with Gasteiger partial charge in [-0.1, -0.05) is 0 Å². The molecule has 0 radical (unpaired) electrons. The minimum Gasteiger partial charge on any atom is -0.484 e. The number of hydrogen-bond acceptors (Lipinski definition) is 3. The van der Waals surface area contributed by atoms with E-state index >= 15 is 0 Å². The van der Waals surface area contributed by atoms with Crippen molar-refractivity contribution >= 4 is 11.7 Å². The Kier molecular flexibility index (Phi) is 3.03. The molecule has 3 heterocycles. The van der Waals surface area contributed by atoms with Gasteiger partial charge in [0.1, 0.15) is 11.4 Å². The fourth-order valence-corrected chi connectivity index (χ4v) is 3.29. The van der Waals surface area contributed by atoms with Crippen LogP contribution in [0.4, 0.5) is 23.7 Å². The van der Waals surface area contributed by atoms with Gasteiger partial charge < -0.3 is 14.4 Å². The molecule has 8 heteroatoms. The Labute approximate surface area is 130 Å². The van der Waals surface area contributed by atoms with Crippen LogP contribution in [-0.4, -0.2) is 55.1 Å². The fourth-order valence-electron chi connectivity index (χ4n) is 3.29. The number of rotatable bonds is 3. The van der Waals surface area contributed by atoms with Crippen LogP contribution in [0.5, 0.6) is 5.75 Å². The first-order valence-electron chi connectivity index (χ1n) is 7.37. The molecule has 3 aliphatic rings. The monoisotopic (exact) mass is 328 g/mol. The molecule has 1 aromatic rings. The molecular formula is C15H15F3N2O3. The van der Waals surface area contributed by atoms with Crippen LogP contribution in [0.2, 0.25) is 0 Å². The van der Waals surface area contributed by atoms with Gasteiger partial charge in [0.15, 0.2) is 6.61 Å². The van der Waals surface area contributed by atoms with Crippen molar-refractivity contribution in [2.75, 3.05) is 31.2 Å². The number of nitrogens with zero attached hydrogens (tertiary/aromatic N) is 2. The molecule has 0 bridgehead atoms. The number of anilines is 1. The molecule has 3 fully saturated rings. The number of benzene rings is 1. The number of carbonyl (C=O) groups is 1. The predicted molar refractivity (Wildman–Crippen MR) is 74.5 cm³/mol. The van der Waals surface area contributed by atoms with Gasteiger partial charge in [0.25, 0.3) is 0 Å². The van der Waals surface area contributed by atoms with Crippen LogP contribution in [0.25, 0.3) is 0 Å². The second kappa shape index (κ2) is 4.77. The van der Waals surface area contributed by atoms with Crippen molar-refractivity contribution in [2.24, 2.45) is 0 Å². The van der Waals surface area contributed by atoms with Crippen molar-refractivity contribution in [1.29, 1.82) is 0 Å². The molecule has 0 aromatic heterocycles. The summed E-state index contributed by atoms with van der Waals surface area (Å²) in [5.74, 6) is 0.128. The molecule has 124 valence electrons. The van der Waals surface area contributed by atoms with Crippen LogP contribution in [0.15, 0.2) is 24.3 Å². The highest BCUT2D eigenvalue weighted by molar-refractivity contribution is 5.95. The number of alkyl halides is 3. The minimum absolute atomic E-state index is 0.0775. The SMILES string of the molecule is O=C1N(c2ccc(OCC(F)(F)F)cc2)C[C@@H]2CC3(CO3)CN12. The van der Waals surface area contributed by atoms with Gasteiger partial charge in [-0.05, 0) is 24.3 Å². The van der Waals surface area contributed by atoms with E-state index in [1.165, 1.54) is 12.1 Å². The summed E-state index contributed by atoms with van der Waals surface area (Å²) in [5, 5.41) is 0. The molecule has 1 unspecified atom stereocenters. The lowest BCUT2D eigenvalue weighted by atomic mass is 10.1. The Morgan fingerprint density at radius 2 is 2.00 bits per heavy atom. The molecule has 2 amide bonds. The van der Waals surface area contributed by atoms with Crippen molar-refractivity contribution in [3.05, 3.63) is 24.3 Å². The largest absolute Gasteiger partial charge is 0.484 e. The van der Waals surface area contributed by atoms with Crippen LogP contribution in [0.3, 0.4) is 0 Å². The van der Waals surface area contributed by atoms with Crippen LogP contribution in [-0.2, 0) is 4.74 Å². The third-order valence-corrected chi connectivity index (χ3v) is 4.48. The first-order valence-corrected chi connectivity index (χ1v) is 7.37. The van der Waals surface area contributed by atoms with E-state index in [4.69, 9.17) is 4.74 Å². The smallest absolute Gasteiger partial charge is 0.422 e. The quantitative estimate of drug-likeness (QED) is 0.801. The maximum atomic E-state index is 12.5.